The van der Waals surface area contributed by atoms with E-state index in [1.165, 1.54) is 0 Å². The number of nitrogens with one attached hydrogen (secondary N) is 2. The first-order valence-corrected chi connectivity index (χ1v) is 9.20. The number of hydrogen-bond donors (Lipinski definition) is 3. The first-order chi connectivity index (χ1) is 12.2. The Bertz CT molecular complexity index is 604. The molecule has 1 aromatic carbocycles. The fourth-order valence-electron chi connectivity index (χ4n) is 3.09. The van der Waals surface area contributed by atoms with Crippen LogP contribution in [0, 0.1) is 0 Å². The standard InChI is InChI=1S/C20H30N2O4/c1-19(2,3)26-18(24)22-16(13-15-9-5-4-6-10-15)17(23)21-14-20(25)11-7-8-12-20/h4-6,9-10,16,25H,7-8,11-14H2,1-3H3,(H,21,23)(H,22,24). The molecule has 1 fully saturated rings. The summed E-state index contributed by atoms with van der Waals surface area (Å²) in [6, 6.07) is 8.72. The number of carbonyl (C=O) groups is 2. The maximum absolute atomic E-state index is 12.7. The maximum atomic E-state index is 12.7. The van der Waals surface area contributed by atoms with Crippen molar-refractivity contribution >= 4 is 12.0 Å². The normalized spacial score (nSPS) is 17.4. The molecule has 0 aliphatic heterocycles. The van der Waals surface area contributed by atoms with E-state index in [0.29, 0.717) is 19.3 Å². The van der Waals surface area contributed by atoms with Crippen LogP contribution in [0.4, 0.5) is 4.79 Å². The molecule has 0 heterocycles. The van der Waals surface area contributed by atoms with Crippen LogP contribution in [0.5, 0.6) is 0 Å². The van der Waals surface area contributed by atoms with Crippen LogP contribution in [-0.2, 0) is 16.0 Å². The first-order valence-electron chi connectivity index (χ1n) is 9.20. The number of ether oxygens (including phenoxy) is 1. The molecule has 1 aliphatic carbocycles. The Balaban J connectivity index is 2.01. The molecule has 0 bridgehead atoms. The highest BCUT2D eigenvalue weighted by Crippen LogP contribution is 2.28. The third-order valence-electron chi connectivity index (χ3n) is 4.42. The van der Waals surface area contributed by atoms with Gasteiger partial charge in [-0.25, -0.2) is 4.79 Å². The number of aliphatic hydroxyl groups is 1. The minimum absolute atomic E-state index is 0.202. The fourth-order valence-corrected chi connectivity index (χ4v) is 3.09. The molecule has 1 atom stereocenters. The maximum Gasteiger partial charge on any atom is 0.408 e. The van der Waals surface area contributed by atoms with Crippen molar-refractivity contribution in [1.29, 1.82) is 0 Å². The number of rotatable bonds is 6. The number of alkyl carbamates (subject to hydrolysis) is 1. The summed E-state index contributed by atoms with van der Waals surface area (Å²) in [6.07, 6.45) is 3.04. The van der Waals surface area contributed by atoms with Crippen molar-refractivity contribution in [2.75, 3.05) is 6.54 Å². The Kier molecular flexibility index (Phi) is 6.64. The van der Waals surface area contributed by atoms with Crippen molar-refractivity contribution in [3.05, 3.63) is 35.9 Å². The van der Waals surface area contributed by atoms with Crippen LogP contribution in [0.3, 0.4) is 0 Å². The second kappa shape index (κ2) is 8.54. The average Bonchev–Trinajstić information content (AvgIpc) is 2.98. The smallest absolute Gasteiger partial charge is 0.408 e. The van der Waals surface area contributed by atoms with E-state index >= 15 is 0 Å². The van der Waals surface area contributed by atoms with Crippen molar-refractivity contribution in [2.24, 2.45) is 0 Å². The topological polar surface area (TPSA) is 87.7 Å². The number of hydrogen-bond acceptors (Lipinski definition) is 4. The van der Waals surface area contributed by atoms with Crippen molar-refractivity contribution in [3.63, 3.8) is 0 Å². The third-order valence-corrected chi connectivity index (χ3v) is 4.42. The molecule has 1 aliphatic rings. The van der Waals surface area contributed by atoms with Gasteiger partial charge in [0.2, 0.25) is 5.91 Å². The van der Waals surface area contributed by atoms with Gasteiger partial charge in [0.1, 0.15) is 11.6 Å². The monoisotopic (exact) mass is 362 g/mol. The summed E-state index contributed by atoms with van der Waals surface area (Å²) in [6.45, 7) is 5.52. The summed E-state index contributed by atoms with van der Waals surface area (Å²) < 4.78 is 5.27. The molecule has 26 heavy (non-hydrogen) atoms. The molecular weight excluding hydrogens is 332 g/mol. The van der Waals surface area contributed by atoms with Crippen LogP contribution in [0.25, 0.3) is 0 Å². The Labute approximate surface area is 155 Å². The Morgan fingerprint density at radius 3 is 2.38 bits per heavy atom. The largest absolute Gasteiger partial charge is 0.444 e. The predicted molar refractivity (Wildman–Crippen MR) is 99.7 cm³/mol. The summed E-state index contributed by atoms with van der Waals surface area (Å²) in [5, 5.41) is 15.9. The van der Waals surface area contributed by atoms with E-state index in [2.05, 4.69) is 10.6 Å². The Morgan fingerprint density at radius 1 is 1.19 bits per heavy atom. The van der Waals surface area contributed by atoms with Gasteiger partial charge in [-0.3, -0.25) is 4.79 Å². The molecule has 144 valence electrons. The van der Waals surface area contributed by atoms with E-state index in [4.69, 9.17) is 4.74 Å². The predicted octanol–water partition coefficient (Wildman–Crippen LogP) is 2.54. The molecule has 2 amide bonds. The SMILES string of the molecule is CC(C)(C)OC(=O)NC(Cc1ccccc1)C(=O)NCC1(O)CCCC1. The van der Waals surface area contributed by atoms with Crippen LogP contribution >= 0.6 is 0 Å². The van der Waals surface area contributed by atoms with Crippen molar-refractivity contribution < 1.29 is 19.4 Å². The lowest BCUT2D eigenvalue weighted by atomic mass is 10.0. The lowest BCUT2D eigenvalue weighted by molar-refractivity contribution is -0.124. The second-order valence-electron chi connectivity index (χ2n) is 8.04. The van der Waals surface area contributed by atoms with Gasteiger partial charge in [0.15, 0.2) is 0 Å². The molecule has 1 aromatic rings. The number of carbonyl (C=O) groups excluding carboxylic acids is 2. The van der Waals surface area contributed by atoms with Crippen LogP contribution < -0.4 is 10.6 Å². The molecule has 0 spiro atoms. The van der Waals surface area contributed by atoms with Crippen LogP contribution in [-0.4, -0.2) is 40.9 Å². The van der Waals surface area contributed by atoms with Gasteiger partial charge >= 0.3 is 6.09 Å². The molecule has 3 N–H and O–H groups in total. The lowest BCUT2D eigenvalue weighted by Gasteiger charge is -2.26. The summed E-state index contributed by atoms with van der Waals surface area (Å²) in [4.78, 5) is 24.8. The highest BCUT2D eigenvalue weighted by molar-refractivity contribution is 5.86. The van der Waals surface area contributed by atoms with Crippen molar-refractivity contribution in [3.8, 4) is 0 Å². The summed E-state index contributed by atoms with van der Waals surface area (Å²) in [7, 11) is 0. The first kappa shape index (κ1) is 20.2. The van der Waals surface area contributed by atoms with E-state index in [1.54, 1.807) is 20.8 Å². The molecule has 0 radical (unpaired) electrons. The van der Waals surface area contributed by atoms with E-state index in [9.17, 15) is 14.7 Å². The zero-order valence-electron chi connectivity index (χ0n) is 15.9. The number of amides is 2. The molecule has 1 saturated carbocycles. The highest BCUT2D eigenvalue weighted by Gasteiger charge is 2.33. The summed E-state index contributed by atoms with van der Waals surface area (Å²) in [5.74, 6) is -0.319. The fraction of sp³-hybridized carbons (Fsp3) is 0.600. The Morgan fingerprint density at radius 2 is 1.81 bits per heavy atom. The van der Waals surface area contributed by atoms with Crippen molar-refractivity contribution in [1.82, 2.24) is 10.6 Å². The minimum Gasteiger partial charge on any atom is -0.444 e. The molecule has 0 saturated heterocycles. The van der Waals surface area contributed by atoms with Crippen LogP contribution in [0.2, 0.25) is 0 Å². The minimum atomic E-state index is -0.834. The van der Waals surface area contributed by atoms with E-state index < -0.39 is 23.3 Å². The van der Waals surface area contributed by atoms with Gasteiger partial charge < -0.3 is 20.5 Å². The molecule has 6 nitrogen and oxygen atoms in total. The van der Waals surface area contributed by atoms with Crippen LogP contribution in [0.15, 0.2) is 30.3 Å². The van der Waals surface area contributed by atoms with Gasteiger partial charge in [-0.05, 0) is 39.2 Å². The highest BCUT2D eigenvalue weighted by atomic mass is 16.6. The lowest BCUT2D eigenvalue weighted by Crippen LogP contribution is -2.52. The molecular formula is C20H30N2O4. The second-order valence-corrected chi connectivity index (χ2v) is 8.04. The molecule has 2 rings (SSSR count). The molecule has 1 unspecified atom stereocenters. The zero-order valence-corrected chi connectivity index (χ0v) is 15.9. The van der Waals surface area contributed by atoms with Gasteiger partial charge in [-0.15, -0.1) is 0 Å². The van der Waals surface area contributed by atoms with Crippen molar-refractivity contribution in [2.45, 2.75) is 70.1 Å². The summed E-state index contributed by atoms with van der Waals surface area (Å²) in [5.41, 5.74) is -0.543. The summed E-state index contributed by atoms with van der Waals surface area (Å²) >= 11 is 0. The van der Waals surface area contributed by atoms with Gasteiger partial charge in [-0.1, -0.05) is 43.2 Å². The molecule has 6 heteroatoms. The Hall–Kier alpha value is -2.08. The third kappa shape index (κ3) is 6.67. The average molecular weight is 362 g/mol. The van der Waals surface area contributed by atoms with Crippen LogP contribution in [0.1, 0.15) is 52.0 Å². The van der Waals surface area contributed by atoms with Gasteiger partial charge in [0.25, 0.3) is 0 Å². The van der Waals surface area contributed by atoms with Gasteiger partial charge in [-0.2, -0.15) is 0 Å². The van der Waals surface area contributed by atoms with Gasteiger partial charge in [0.05, 0.1) is 5.60 Å². The van der Waals surface area contributed by atoms with Gasteiger partial charge in [0, 0.05) is 13.0 Å². The molecule has 0 aromatic heterocycles. The zero-order chi connectivity index (χ0) is 19.2. The van der Waals surface area contributed by atoms with E-state index in [0.717, 1.165) is 18.4 Å². The van der Waals surface area contributed by atoms with E-state index in [-0.39, 0.29) is 12.5 Å². The number of benzene rings is 1. The van der Waals surface area contributed by atoms with E-state index in [1.807, 2.05) is 30.3 Å². The quantitative estimate of drug-likeness (QED) is 0.726.